The molecule has 0 spiro atoms. The molecule has 0 aliphatic heterocycles. The van der Waals surface area contributed by atoms with Crippen LogP contribution in [-0.2, 0) is 6.42 Å². The van der Waals surface area contributed by atoms with Gasteiger partial charge in [-0.1, -0.05) is 60.7 Å². The Morgan fingerprint density at radius 2 is 1.68 bits per heavy atom. The van der Waals surface area contributed by atoms with Gasteiger partial charge in [0.15, 0.2) is 0 Å². The predicted octanol–water partition coefficient (Wildman–Crippen LogP) is 5.22. The van der Waals surface area contributed by atoms with Crippen molar-refractivity contribution < 1.29 is 5.11 Å². The van der Waals surface area contributed by atoms with E-state index in [-0.39, 0.29) is 11.4 Å². The molecule has 150 valence electrons. The minimum absolute atomic E-state index is 0.230. The van der Waals surface area contributed by atoms with Crippen molar-refractivity contribution in [2.24, 2.45) is 4.99 Å². The van der Waals surface area contributed by atoms with Gasteiger partial charge in [0, 0.05) is 17.0 Å². The van der Waals surface area contributed by atoms with Crippen molar-refractivity contribution >= 4 is 34.8 Å². The fourth-order valence-corrected chi connectivity index (χ4v) is 3.27. The molecular weight excluding hydrogens is 386 g/mol. The highest BCUT2D eigenvalue weighted by molar-refractivity contribution is 6.02. The molecule has 0 unspecified atom stereocenters. The molecule has 0 aliphatic rings. The molecule has 1 aromatic heterocycles. The third-order valence-electron chi connectivity index (χ3n) is 4.90. The molecule has 5 heteroatoms. The summed E-state index contributed by atoms with van der Waals surface area (Å²) >= 11 is 0. The largest absolute Gasteiger partial charge is 0.494 e. The van der Waals surface area contributed by atoms with E-state index < -0.39 is 0 Å². The van der Waals surface area contributed by atoms with Gasteiger partial charge < -0.3 is 5.11 Å². The van der Waals surface area contributed by atoms with E-state index in [1.165, 1.54) is 6.21 Å². The number of rotatable bonds is 5. The molecular formula is C26H19N3O2. The van der Waals surface area contributed by atoms with E-state index in [0.717, 1.165) is 16.7 Å². The Kier molecular flexibility index (Phi) is 5.72. The average Bonchev–Trinajstić information content (AvgIpc) is 2.79. The Morgan fingerprint density at radius 3 is 2.42 bits per heavy atom. The summed E-state index contributed by atoms with van der Waals surface area (Å²) in [5.74, 6) is -0.230. The second kappa shape index (κ2) is 8.93. The molecule has 4 aromatic rings. The van der Waals surface area contributed by atoms with E-state index in [9.17, 15) is 9.90 Å². The van der Waals surface area contributed by atoms with Gasteiger partial charge in [0.25, 0.3) is 5.56 Å². The summed E-state index contributed by atoms with van der Waals surface area (Å²) in [5, 5.41) is 20.2. The number of aromatic nitrogens is 1. The summed E-state index contributed by atoms with van der Waals surface area (Å²) in [6.45, 7) is 0. The third-order valence-corrected chi connectivity index (χ3v) is 4.90. The molecule has 4 rings (SSSR count). The first-order valence-electron chi connectivity index (χ1n) is 9.76. The van der Waals surface area contributed by atoms with Crippen LogP contribution in [-0.4, -0.2) is 16.3 Å². The quantitative estimate of drug-likeness (QED) is 0.352. The number of benzene rings is 3. The van der Waals surface area contributed by atoms with Crippen molar-refractivity contribution in [2.75, 3.05) is 0 Å². The van der Waals surface area contributed by atoms with Crippen molar-refractivity contribution in [2.45, 2.75) is 6.42 Å². The lowest BCUT2D eigenvalue weighted by Crippen LogP contribution is -2.08. The fraction of sp³-hybridized carbons (Fsp3) is 0.0385. The number of nitrogens with zero attached hydrogens (tertiary/aromatic N) is 2. The summed E-state index contributed by atoms with van der Waals surface area (Å²) in [5.41, 5.74) is 3.64. The van der Waals surface area contributed by atoms with Crippen LogP contribution in [0.25, 0.3) is 22.9 Å². The minimum Gasteiger partial charge on any atom is -0.494 e. The van der Waals surface area contributed by atoms with Crippen molar-refractivity contribution in [3.8, 4) is 11.9 Å². The first-order chi connectivity index (χ1) is 15.1. The summed E-state index contributed by atoms with van der Waals surface area (Å²) in [6.07, 6.45) is 5.83. The van der Waals surface area contributed by atoms with Gasteiger partial charge in [-0.3, -0.25) is 14.8 Å². The number of fused-ring (bicyclic) bond motifs is 1. The van der Waals surface area contributed by atoms with Crippen LogP contribution in [0.5, 0.6) is 5.88 Å². The molecule has 2 N–H and O–H groups in total. The van der Waals surface area contributed by atoms with Gasteiger partial charge in [-0.15, -0.1) is 0 Å². The lowest BCUT2D eigenvalue weighted by molar-refractivity contribution is 0.452. The summed E-state index contributed by atoms with van der Waals surface area (Å²) in [4.78, 5) is 19.2. The molecule has 0 saturated heterocycles. The van der Waals surface area contributed by atoms with E-state index in [0.29, 0.717) is 28.4 Å². The zero-order valence-electron chi connectivity index (χ0n) is 16.6. The Bertz CT molecular complexity index is 1380. The van der Waals surface area contributed by atoms with E-state index in [4.69, 9.17) is 5.26 Å². The highest BCUT2D eigenvalue weighted by Gasteiger charge is 2.10. The molecule has 0 bridgehead atoms. The van der Waals surface area contributed by atoms with E-state index in [2.05, 4.69) is 16.0 Å². The minimum atomic E-state index is -0.357. The molecule has 0 atom stereocenters. The Balaban J connectivity index is 1.72. The zero-order chi connectivity index (χ0) is 21.6. The number of hydrogen-bond acceptors (Lipinski definition) is 4. The third kappa shape index (κ3) is 4.60. The zero-order valence-corrected chi connectivity index (χ0v) is 16.6. The lowest BCUT2D eigenvalue weighted by atomic mass is 10.0. The first kappa shape index (κ1) is 19.9. The van der Waals surface area contributed by atoms with E-state index in [1.807, 2.05) is 78.9 Å². The molecule has 0 amide bonds. The lowest BCUT2D eigenvalue weighted by Gasteiger charge is -2.06. The number of nitrogens with one attached hydrogen (secondary N) is 1. The molecule has 0 fully saturated rings. The number of aromatic hydroxyl groups is 1. The van der Waals surface area contributed by atoms with Crippen LogP contribution in [0, 0.1) is 11.3 Å². The molecule has 31 heavy (non-hydrogen) atoms. The second-order valence-corrected chi connectivity index (χ2v) is 7.02. The highest BCUT2D eigenvalue weighted by Crippen LogP contribution is 2.24. The Morgan fingerprint density at radius 1 is 0.935 bits per heavy atom. The van der Waals surface area contributed by atoms with Crippen LogP contribution in [0.15, 0.2) is 82.6 Å². The molecule has 3 aromatic carbocycles. The highest BCUT2D eigenvalue weighted by atomic mass is 16.3. The monoisotopic (exact) mass is 405 g/mol. The fourth-order valence-electron chi connectivity index (χ4n) is 3.27. The number of H-pyrrole nitrogens is 1. The van der Waals surface area contributed by atoms with Crippen LogP contribution >= 0.6 is 0 Å². The van der Waals surface area contributed by atoms with Crippen molar-refractivity contribution in [3.63, 3.8) is 0 Å². The van der Waals surface area contributed by atoms with Crippen LogP contribution in [0.4, 0.5) is 5.69 Å². The van der Waals surface area contributed by atoms with E-state index >= 15 is 0 Å². The standard InChI is InChI=1S/C26H19N3O2/c27-15-14-19-8-11-21(12-9-19)28-17-24-23-16-20(7-6-18-4-2-1-3-5-18)10-13-22(23)25(30)29-26(24)31/h1-13,16-17H,14H2,(H2,29,30,31). The Hall–Kier alpha value is -4.43. The van der Waals surface area contributed by atoms with Crippen molar-refractivity contribution in [1.29, 1.82) is 5.26 Å². The van der Waals surface area contributed by atoms with Crippen molar-refractivity contribution in [3.05, 3.63) is 105 Å². The number of nitriles is 1. The number of aromatic amines is 1. The van der Waals surface area contributed by atoms with Crippen LogP contribution in [0.2, 0.25) is 0 Å². The van der Waals surface area contributed by atoms with Gasteiger partial charge in [-0.25, -0.2) is 0 Å². The van der Waals surface area contributed by atoms with Gasteiger partial charge in [-0.05, 0) is 41.0 Å². The van der Waals surface area contributed by atoms with Crippen LogP contribution in [0.3, 0.4) is 0 Å². The molecule has 0 aliphatic carbocycles. The van der Waals surface area contributed by atoms with Crippen molar-refractivity contribution in [1.82, 2.24) is 4.98 Å². The molecule has 0 saturated carbocycles. The molecule has 1 heterocycles. The summed E-state index contributed by atoms with van der Waals surface area (Å²) in [7, 11) is 0. The van der Waals surface area contributed by atoms with Crippen LogP contribution < -0.4 is 5.56 Å². The second-order valence-electron chi connectivity index (χ2n) is 7.02. The SMILES string of the molecule is N#CCc1ccc(N=Cc2c(O)[nH]c(=O)c3ccc(C=Cc4ccccc4)cc23)cc1. The molecule has 5 nitrogen and oxygen atoms in total. The number of pyridine rings is 1. The van der Waals surface area contributed by atoms with Gasteiger partial charge >= 0.3 is 0 Å². The van der Waals surface area contributed by atoms with Gasteiger partial charge in [0.2, 0.25) is 5.88 Å². The maximum absolute atomic E-state index is 12.3. The number of hydrogen-bond donors (Lipinski definition) is 2. The number of aliphatic imine (C=N–C) groups is 1. The normalized spacial score (nSPS) is 11.3. The van der Waals surface area contributed by atoms with Gasteiger partial charge in [-0.2, -0.15) is 5.26 Å². The maximum Gasteiger partial charge on any atom is 0.258 e. The summed E-state index contributed by atoms with van der Waals surface area (Å²) < 4.78 is 0. The van der Waals surface area contributed by atoms with Gasteiger partial charge in [0.05, 0.1) is 23.7 Å². The van der Waals surface area contributed by atoms with E-state index in [1.54, 1.807) is 6.07 Å². The first-order valence-corrected chi connectivity index (χ1v) is 9.76. The van der Waals surface area contributed by atoms with Crippen LogP contribution in [0.1, 0.15) is 22.3 Å². The Labute approximate surface area is 179 Å². The molecule has 0 radical (unpaired) electrons. The predicted molar refractivity (Wildman–Crippen MR) is 125 cm³/mol. The topological polar surface area (TPSA) is 89.2 Å². The van der Waals surface area contributed by atoms with Gasteiger partial charge in [0.1, 0.15) is 0 Å². The summed E-state index contributed by atoms with van der Waals surface area (Å²) in [6, 6.07) is 24.8. The average molecular weight is 405 g/mol. The maximum atomic E-state index is 12.3. The smallest absolute Gasteiger partial charge is 0.258 e.